The summed E-state index contributed by atoms with van der Waals surface area (Å²) in [6.45, 7) is 5.79. The number of hydrogen-bond acceptors (Lipinski definition) is 8. The molecule has 36 heavy (non-hydrogen) atoms. The minimum absolute atomic E-state index is 0.138. The van der Waals surface area contributed by atoms with Crippen LogP contribution in [0.4, 0.5) is 13.2 Å². The quantitative estimate of drug-likeness (QED) is 0.456. The summed E-state index contributed by atoms with van der Waals surface area (Å²) in [6, 6.07) is 2.56. The molecule has 1 saturated heterocycles. The summed E-state index contributed by atoms with van der Waals surface area (Å²) in [7, 11) is 0. The topological polar surface area (TPSA) is 98.3 Å². The van der Waals surface area contributed by atoms with E-state index >= 15 is 0 Å². The van der Waals surface area contributed by atoms with Gasteiger partial charge in [0.1, 0.15) is 23.5 Å². The zero-order valence-electron chi connectivity index (χ0n) is 19.4. The first-order valence-corrected chi connectivity index (χ1v) is 12.2. The number of nitrogens with zero attached hydrogens (tertiary/aromatic N) is 3. The molecule has 1 aliphatic heterocycles. The maximum atomic E-state index is 13.2. The summed E-state index contributed by atoms with van der Waals surface area (Å²) < 4.78 is 49.9. The first kappa shape index (κ1) is 26.3. The van der Waals surface area contributed by atoms with Crippen molar-refractivity contribution in [2.45, 2.75) is 32.2 Å². The normalized spacial score (nSPS) is 17.0. The Morgan fingerprint density at radius 3 is 2.67 bits per heavy atom. The van der Waals surface area contributed by atoms with Crippen LogP contribution in [0.2, 0.25) is 5.02 Å². The summed E-state index contributed by atoms with van der Waals surface area (Å²) in [5.74, 6) is -1.38. The van der Waals surface area contributed by atoms with Gasteiger partial charge in [-0.2, -0.15) is 13.2 Å². The molecule has 0 aliphatic carbocycles. The van der Waals surface area contributed by atoms with E-state index in [1.165, 1.54) is 17.4 Å². The van der Waals surface area contributed by atoms with E-state index in [4.69, 9.17) is 21.1 Å². The molecule has 192 valence electrons. The first-order valence-electron chi connectivity index (χ1n) is 11.0. The zero-order valence-corrected chi connectivity index (χ0v) is 20.9. The van der Waals surface area contributed by atoms with E-state index < -0.39 is 23.9 Å². The molecule has 0 saturated carbocycles. The van der Waals surface area contributed by atoms with E-state index in [-0.39, 0.29) is 23.3 Å². The summed E-state index contributed by atoms with van der Waals surface area (Å²) in [5.41, 5.74) is 0.975. The molecule has 2 atom stereocenters. The monoisotopic (exact) mass is 541 g/mol. The fraction of sp³-hybridized carbons (Fsp3) is 0.391. The molecule has 1 amide bonds. The smallest absolute Gasteiger partial charge is 0.451 e. The van der Waals surface area contributed by atoms with Gasteiger partial charge in [-0.25, -0.2) is 15.0 Å². The van der Waals surface area contributed by atoms with E-state index in [0.29, 0.717) is 35.0 Å². The number of aromatic nitrogens is 3. The van der Waals surface area contributed by atoms with Gasteiger partial charge in [0, 0.05) is 47.7 Å². The third-order valence-corrected chi connectivity index (χ3v) is 6.71. The fourth-order valence-electron chi connectivity index (χ4n) is 3.46. The number of hydrogen-bond donors (Lipinski definition) is 2. The van der Waals surface area contributed by atoms with Crippen molar-refractivity contribution in [3.8, 4) is 16.3 Å². The Labute approximate surface area is 214 Å². The van der Waals surface area contributed by atoms with E-state index in [0.717, 1.165) is 23.8 Å². The van der Waals surface area contributed by atoms with Gasteiger partial charge in [-0.05, 0) is 26.0 Å². The summed E-state index contributed by atoms with van der Waals surface area (Å²) in [5, 5.41) is 6.77. The van der Waals surface area contributed by atoms with Crippen molar-refractivity contribution in [3.63, 3.8) is 0 Å². The average Bonchev–Trinajstić information content (AvgIpc) is 3.29. The number of nitrogens with one attached hydrogen (secondary N) is 2. The molecule has 8 nitrogen and oxygen atoms in total. The molecule has 2 aromatic heterocycles. The van der Waals surface area contributed by atoms with Gasteiger partial charge in [-0.3, -0.25) is 4.79 Å². The lowest BCUT2D eigenvalue weighted by atomic mass is 10.1. The lowest BCUT2D eigenvalue weighted by Gasteiger charge is -2.24. The Hall–Kier alpha value is -2.80. The van der Waals surface area contributed by atoms with Gasteiger partial charge >= 0.3 is 6.18 Å². The summed E-state index contributed by atoms with van der Waals surface area (Å²) in [4.78, 5) is 25.2. The van der Waals surface area contributed by atoms with Crippen LogP contribution in [0, 0.1) is 6.92 Å². The highest BCUT2D eigenvalue weighted by Gasteiger charge is 2.34. The fourth-order valence-corrected chi connectivity index (χ4v) is 4.59. The predicted molar refractivity (Wildman–Crippen MR) is 128 cm³/mol. The number of carbonyl (C=O) groups is 1. The number of benzene rings is 1. The second-order valence-corrected chi connectivity index (χ2v) is 9.76. The Balaban J connectivity index is 1.57. The molecular formula is C23H23ClF3N5O3S. The van der Waals surface area contributed by atoms with Crippen molar-refractivity contribution in [3.05, 3.63) is 57.6 Å². The number of carbonyl (C=O) groups excluding carboxylic acids is 1. The molecular weight excluding hydrogens is 519 g/mol. The van der Waals surface area contributed by atoms with Crippen LogP contribution in [-0.4, -0.2) is 53.3 Å². The van der Waals surface area contributed by atoms with Crippen molar-refractivity contribution >= 4 is 28.8 Å². The van der Waals surface area contributed by atoms with Gasteiger partial charge in [-0.1, -0.05) is 11.6 Å². The minimum atomic E-state index is -4.65. The van der Waals surface area contributed by atoms with Gasteiger partial charge in [0.15, 0.2) is 0 Å². The van der Waals surface area contributed by atoms with Crippen molar-refractivity contribution in [1.29, 1.82) is 0 Å². The van der Waals surface area contributed by atoms with Gasteiger partial charge in [0.05, 0.1) is 23.2 Å². The highest BCUT2D eigenvalue weighted by atomic mass is 35.5. The van der Waals surface area contributed by atoms with Crippen LogP contribution < -0.4 is 15.4 Å². The number of ether oxygens (including phenoxy) is 2. The number of halogens is 4. The first-order chi connectivity index (χ1) is 17.1. The Morgan fingerprint density at radius 2 is 2.06 bits per heavy atom. The number of thiazole rings is 1. The highest BCUT2D eigenvalue weighted by molar-refractivity contribution is 7.15. The lowest BCUT2D eigenvalue weighted by Crippen LogP contribution is -2.41. The summed E-state index contributed by atoms with van der Waals surface area (Å²) in [6.07, 6.45) is -1.02. The Morgan fingerprint density at radius 1 is 1.31 bits per heavy atom. The largest absolute Gasteiger partial charge is 0.491 e. The zero-order chi connectivity index (χ0) is 25.9. The molecule has 4 rings (SSSR count). The van der Waals surface area contributed by atoms with Crippen LogP contribution in [-0.2, 0) is 10.9 Å². The number of alkyl halides is 3. The molecule has 3 aromatic rings. The molecule has 0 radical (unpaired) electrons. The maximum absolute atomic E-state index is 13.2. The van der Waals surface area contributed by atoms with Crippen LogP contribution in [0.15, 0.2) is 30.7 Å². The number of rotatable bonds is 7. The molecule has 1 unspecified atom stereocenters. The van der Waals surface area contributed by atoms with Crippen LogP contribution >= 0.6 is 22.9 Å². The number of aryl methyl sites for hydroxylation is 1. The molecule has 1 fully saturated rings. The molecule has 0 spiro atoms. The molecule has 0 bridgehead atoms. The van der Waals surface area contributed by atoms with E-state index in [1.54, 1.807) is 19.2 Å². The second-order valence-electron chi connectivity index (χ2n) is 8.15. The van der Waals surface area contributed by atoms with Gasteiger partial charge in [-0.15, -0.1) is 11.3 Å². The average molecular weight is 542 g/mol. The lowest BCUT2D eigenvalue weighted by molar-refractivity contribution is -0.145. The third kappa shape index (κ3) is 6.30. The molecule has 13 heteroatoms. The standard InChI is InChI=1S/C23H23ClF3N5O3S/c1-12-7-29-21(36-12)18-6-15(35-11-16-10-28-3-4-34-16)5-17(19(18)24)20(33)32-13(2)14-8-30-22(31-9-14)23(25,26)27/h5-9,13,16,28H,3-4,10-11H2,1-2H3,(H,32,33)/t13?,16-/m1/s1. The van der Waals surface area contributed by atoms with E-state index in [2.05, 4.69) is 25.6 Å². The molecule has 3 heterocycles. The minimum Gasteiger partial charge on any atom is -0.491 e. The van der Waals surface area contributed by atoms with Crippen molar-refractivity contribution in [2.24, 2.45) is 0 Å². The second kappa shape index (κ2) is 11.1. The number of morpholine rings is 1. The van der Waals surface area contributed by atoms with Crippen molar-refractivity contribution < 1.29 is 27.4 Å². The van der Waals surface area contributed by atoms with Crippen LogP contribution in [0.25, 0.3) is 10.6 Å². The summed E-state index contributed by atoms with van der Waals surface area (Å²) >= 11 is 8.05. The van der Waals surface area contributed by atoms with Crippen LogP contribution in [0.1, 0.15) is 39.6 Å². The molecule has 2 N–H and O–H groups in total. The molecule has 1 aromatic carbocycles. The van der Waals surface area contributed by atoms with Crippen LogP contribution in [0.3, 0.4) is 0 Å². The van der Waals surface area contributed by atoms with Crippen molar-refractivity contribution in [1.82, 2.24) is 25.6 Å². The Bertz CT molecular complexity index is 1220. The maximum Gasteiger partial charge on any atom is 0.451 e. The van der Waals surface area contributed by atoms with E-state index in [9.17, 15) is 18.0 Å². The van der Waals surface area contributed by atoms with Crippen molar-refractivity contribution in [2.75, 3.05) is 26.3 Å². The van der Waals surface area contributed by atoms with Gasteiger partial charge in [0.25, 0.3) is 5.91 Å². The highest BCUT2D eigenvalue weighted by Crippen LogP contribution is 2.37. The number of amides is 1. The SMILES string of the molecule is Cc1cnc(-c2cc(OC[C@H]3CNCCO3)cc(C(=O)NC(C)c3cnc(C(F)(F)F)nc3)c2Cl)s1. The van der Waals surface area contributed by atoms with Gasteiger partial charge < -0.3 is 20.1 Å². The third-order valence-electron chi connectivity index (χ3n) is 5.36. The van der Waals surface area contributed by atoms with Gasteiger partial charge in [0.2, 0.25) is 5.82 Å². The van der Waals surface area contributed by atoms with E-state index in [1.807, 2.05) is 6.92 Å². The van der Waals surface area contributed by atoms with Crippen LogP contribution in [0.5, 0.6) is 5.75 Å². The Kier molecular flexibility index (Phi) is 8.08. The predicted octanol–water partition coefficient (Wildman–Crippen LogP) is 4.44. The molecule has 1 aliphatic rings.